The fraction of sp³-hybridized carbons (Fsp3) is 0.133. The van der Waals surface area contributed by atoms with Gasteiger partial charge in [-0.1, -0.05) is 30.3 Å². The van der Waals surface area contributed by atoms with Gasteiger partial charge in [0.25, 0.3) is 0 Å². The molecular formula is C15H15N3O2. The average Bonchev–Trinajstić information content (AvgIpc) is 2.52. The van der Waals surface area contributed by atoms with Crippen LogP contribution in [-0.4, -0.2) is 16.8 Å². The first-order chi connectivity index (χ1) is 9.75. The molecule has 1 heterocycles. The van der Waals surface area contributed by atoms with Gasteiger partial charge in [-0.15, -0.1) is 0 Å². The minimum Gasteiger partial charge on any atom is -0.443 e. The zero-order valence-corrected chi connectivity index (χ0v) is 11.1. The maximum atomic E-state index is 11.5. The first-order valence-corrected chi connectivity index (χ1v) is 6.17. The van der Waals surface area contributed by atoms with Crippen LogP contribution in [0.4, 0.5) is 4.79 Å². The molecule has 1 aromatic heterocycles. The summed E-state index contributed by atoms with van der Waals surface area (Å²) in [5, 5.41) is 3.97. The molecule has 0 saturated carbocycles. The average molecular weight is 269 g/mol. The lowest BCUT2D eigenvalue weighted by molar-refractivity contribution is 0.140. The molecule has 0 aliphatic carbocycles. The van der Waals surface area contributed by atoms with Crippen molar-refractivity contribution in [3.63, 3.8) is 0 Å². The van der Waals surface area contributed by atoms with Crippen molar-refractivity contribution in [2.45, 2.75) is 13.5 Å². The van der Waals surface area contributed by atoms with Gasteiger partial charge in [0.1, 0.15) is 6.61 Å². The van der Waals surface area contributed by atoms with Crippen LogP contribution in [0.1, 0.15) is 18.1 Å². The van der Waals surface area contributed by atoms with Gasteiger partial charge in [-0.25, -0.2) is 10.2 Å². The van der Waals surface area contributed by atoms with Crippen molar-refractivity contribution >= 4 is 11.8 Å². The summed E-state index contributed by atoms with van der Waals surface area (Å²) in [6.45, 7) is 2.02. The highest BCUT2D eigenvalue weighted by atomic mass is 16.5. The van der Waals surface area contributed by atoms with Crippen molar-refractivity contribution in [3.8, 4) is 0 Å². The molecule has 102 valence electrons. The third kappa shape index (κ3) is 4.20. The largest absolute Gasteiger partial charge is 0.443 e. The predicted molar refractivity (Wildman–Crippen MR) is 76.2 cm³/mol. The van der Waals surface area contributed by atoms with E-state index in [4.69, 9.17) is 4.74 Å². The Labute approximate surface area is 117 Å². The van der Waals surface area contributed by atoms with Gasteiger partial charge in [-0.2, -0.15) is 5.10 Å². The fourth-order valence-corrected chi connectivity index (χ4v) is 1.54. The number of hydrogen-bond acceptors (Lipinski definition) is 4. The molecule has 1 aromatic carbocycles. The molecule has 2 rings (SSSR count). The third-order valence-corrected chi connectivity index (χ3v) is 2.63. The molecule has 0 bridgehead atoms. The van der Waals surface area contributed by atoms with Crippen LogP contribution in [0.2, 0.25) is 0 Å². The molecule has 0 radical (unpaired) electrons. The first kappa shape index (κ1) is 13.7. The normalized spacial score (nSPS) is 10.9. The number of carbonyl (C=O) groups is 1. The maximum Gasteiger partial charge on any atom is 0.428 e. The van der Waals surface area contributed by atoms with E-state index in [1.54, 1.807) is 19.3 Å². The van der Waals surface area contributed by atoms with E-state index in [-0.39, 0.29) is 6.61 Å². The Morgan fingerprint density at radius 2 is 1.90 bits per heavy atom. The molecule has 0 fully saturated rings. The van der Waals surface area contributed by atoms with E-state index in [1.165, 1.54) is 0 Å². The highest BCUT2D eigenvalue weighted by Gasteiger charge is 2.02. The second-order valence-corrected chi connectivity index (χ2v) is 4.11. The standard InChI is InChI=1S/C15H15N3O2/c1-12(14-7-9-16-10-8-14)17-18-15(19)20-11-13-5-3-2-4-6-13/h2-10H,11H2,1H3,(H,18,19)/b17-12+. The molecular weight excluding hydrogens is 254 g/mol. The van der Waals surface area contributed by atoms with Crippen LogP contribution in [0, 0.1) is 0 Å². The second kappa shape index (κ2) is 7.04. The van der Waals surface area contributed by atoms with E-state index in [0.29, 0.717) is 5.71 Å². The zero-order chi connectivity index (χ0) is 14.2. The topological polar surface area (TPSA) is 63.6 Å². The molecule has 0 atom stereocenters. The minimum absolute atomic E-state index is 0.219. The van der Waals surface area contributed by atoms with Crippen molar-refractivity contribution in [2.75, 3.05) is 0 Å². The summed E-state index contributed by atoms with van der Waals surface area (Å²) >= 11 is 0. The number of pyridine rings is 1. The first-order valence-electron chi connectivity index (χ1n) is 6.17. The Morgan fingerprint density at radius 1 is 1.20 bits per heavy atom. The van der Waals surface area contributed by atoms with E-state index in [9.17, 15) is 4.79 Å². The van der Waals surface area contributed by atoms with E-state index >= 15 is 0 Å². The maximum absolute atomic E-state index is 11.5. The lowest BCUT2D eigenvalue weighted by Gasteiger charge is -2.05. The van der Waals surface area contributed by atoms with Crippen molar-refractivity contribution in [1.82, 2.24) is 10.4 Å². The van der Waals surface area contributed by atoms with Crippen molar-refractivity contribution in [3.05, 3.63) is 66.0 Å². The van der Waals surface area contributed by atoms with Crippen LogP contribution in [0.25, 0.3) is 0 Å². The van der Waals surface area contributed by atoms with Gasteiger partial charge < -0.3 is 4.74 Å². The summed E-state index contributed by atoms with van der Waals surface area (Å²) in [6, 6.07) is 13.1. The number of benzene rings is 1. The molecule has 1 N–H and O–H groups in total. The molecule has 0 saturated heterocycles. The van der Waals surface area contributed by atoms with Gasteiger partial charge in [-0.3, -0.25) is 4.98 Å². The Hall–Kier alpha value is -2.69. The summed E-state index contributed by atoms with van der Waals surface area (Å²) in [7, 11) is 0. The highest BCUT2D eigenvalue weighted by Crippen LogP contribution is 2.01. The number of hydrogen-bond donors (Lipinski definition) is 1. The monoisotopic (exact) mass is 269 g/mol. The number of aromatic nitrogens is 1. The fourth-order valence-electron chi connectivity index (χ4n) is 1.54. The van der Waals surface area contributed by atoms with E-state index in [0.717, 1.165) is 11.1 Å². The smallest absolute Gasteiger partial charge is 0.428 e. The van der Waals surface area contributed by atoms with E-state index < -0.39 is 6.09 Å². The molecule has 2 aromatic rings. The van der Waals surface area contributed by atoms with Crippen LogP contribution in [0.5, 0.6) is 0 Å². The number of nitrogens with zero attached hydrogens (tertiary/aromatic N) is 2. The van der Waals surface area contributed by atoms with Crippen molar-refractivity contribution in [1.29, 1.82) is 0 Å². The molecule has 1 amide bonds. The summed E-state index contributed by atoms with van der Waals surface area (Å²) in [5.41, 5.74) is 4.86. The lowest BCUT2D eigenvalue weighted by Crippen LogP contribution is -2.20. The summed E-state index contributed by atoms with van der Waals surface area (Å²) in [4.78, 5) is 15.4. The van der Waals surface area contributed by atoms with Gasteiger partial charge in [0.15, 0.2) is 0 Å². The summed E-state index contributed by atoms with van der Waals surface area (Å²) in [5.74, 6) is 0. The second-order valence-electron chi connectivity index (χ2n) is 4.11. The van der Waals surface area contributed by atoms with Crippen LogP contribution in [0.15, 0.2) is 60.0 Å². The van der Waals surface area contributed by atoms with Gasteiger partial charge in [-0.05, 0) is 24.6 Å². The van der Waals surface area contributed by atoms with Crippen LogP contribution >= 0.6 is 0 Å². The Balaban J connectivity index is 1.83. The van der Waals surface area contributed by atoms with Crippen molar-refractivity contribution < 1.29 is 9.53 Å². The number of hydrazone groups is 1. The minimum atomic E-state index is -0.581. The third-order valence-electron chi connectivity index (χ3n) is 2.63. The Bertz CT molecular complexity index is 583. The van der Waals surface area contributed by atoms with Gasteiger partial charge >= 0.3 is 6.09 Å². The molecule has 5 heteroatoms. The van der Waals surface area contributed by atoms with Crippen LogP contribution < -0.4 is 5.43 Å². The number of nitrogens with one attached hydrogen (secondary N) is 1. The zero-order valence-electron chi connectivity index (χ0n) is 11.1. The van der Waals surface area contributed by atoms with Gasteiger partial charge in [0, 0.05) is 18.0 Å². The number of ether oxygens (including phenoxy) is 1. The number of amides is 1. The van der Waals surface area contributed by atoms with Crippen LogP contribution in [0.3, 0.4) is 0 Å². The van der Waals surface area contributed by atoms with Crippen molar-refractivity contribution in [2.24, 2.45) is 5.10 Å². The van der Waals surface area contributed by atoms with E-state index in [1.807, 2.05) is 42.5 Å². The molecule has 0 unspecified atom stereocenters. The van der Waals surface area contributed by atoms with E-state index in [2.05, 4.69) is 15.5 Å². The van der Waals surface area contributed by atoms with Crippen LogP contribution in [-0.2, 0) is 11.3 Å². The highest BCUT2D eigenvalue weighted by molar-refractivity contribution is 5.98. The molecule has 0 spiro atoms. The molecule has 5 nitrogen and oxygen atoms in total. The summed E-state index contributed by atoms with van der Waals surface area (Å²) in [6.07, 6.45) is 2.76. The number of carbonyl (C=O) groups excluding carboxylic acids is 1. The predicted octanol–water partition coefficient (Wildman–Crippen LogP) is 2.73. The number of rotatable bonds is 4. The molecule has 0 aliphatic heterocycles. The lowest BCUT2D eigenvalue weighted by atomic mass is 10.2. The van der Waals surface area contributed by atoms with Gasteiger partial charge in [0.05, 0.1) is 5.71 Å². The molecule has 0 aliphatic rings. The Morgan fingerprint density at radius 3 is 2.60 bits per heavy atom. The van der Waals surface area contributed by atoms with Gasteiger partial charge in [0.2, 0.25) is 0 Å². The molecule has 20 heavy (non-hydrogen) atoms. The Kier molecular flexibility index (Phi) is 4.83. The quantitative estimate of drug-likeness (QED) is 0.685. The summed E-state index contributed by atoms with van der Waals surface area (Å²) < 4.78 is 5.04. The SMILES string of the molecule is C/C(=N\NC(=O)OCc1ccccc1)c1ccncc1.